The van der Waals surface area contributed by atoms with Gasteiger partial charge in [0.05, 0.1) is 22.1 Å². The minimum Gasteiger partial charge on any atom is -0.311 e. The fourth-order valence-electron chi connectivity index (χ4n) is 14.0. The Labute approximate surface area is 510 Å². The van der Waals surface area contributed by atoms with Crippen LogP contribution in [-0.2, 0) is 0 Å². The first-order valence-electron chi connectivity index (χ1n) is 30.2. The number of hydrogen-bond donors (Lipinski definition) is 0. The summed E-state index contributed by atoms with van der Waals surface area (Å²) in [5, 5.41) is 12.2. The van der Waals surface area contributed by atoms with Crippen LogP contribution in [0.15, 0.2) is 340 Å². The number of fused-ring (bicyclic) bond motifs is 10. The van der Waals surface area contributed by atoms with Crippen molar-refractivity contribution >= 4 is 110 Å². The zero-order valence-corrected chi connectivity index (χ0v) is 48.1. The van der Waals surface area contributed by atoms with Gasteiger partial charge in [0.25, 0.3) is 0 Å². The average Bonchev–Trinajstić information content (AvgIpc) is 1.68. The average molecular weight is 1120 g/mol. The summed E-state index contributed by atoms with van der Waals surface area (Å²) in [4.78, 5) is 4.73. The molecule has 0 aliphatic carbocycles. The maximum Gasteiger partial charge on any atom is 0.0626 e. The molecule has 4 nitrogen and oxygen atoms in total. The van der Waals surface area contributed by atoms with Gasteiger partial charge in [-0.25, -0.2) is 0 Å². The van der Waals surface area contributed by atoms with Gasteiger partial charge in [-0.3, -0.25) is 0 Å². The van der Waals surface area contributed by atoms with E-state index in [4.69, 9.17) is 0 Å². The third-order valence-electron chi connectivity index (χ3n) is 17.8. The molecule has 0 amide bonds. The van der Waals surface area contributed by atoms with E-state index in [2.05, 4.69) is 359 Å². The first-order chi connectivity index (χ1) is 43.7. The minimum absolute atomic E-state index is 1.06. The second-order valence-corrected chi connectivity index (χ2v) is 22.8. The quantitative estimate of drug-likeness (QED) is 0.128. The maximum absolute atomic E-state index is 2.51. The van der Waals surface area contributed by atoms with E-state index >= 15 is 0 Å². The van der Waals surface area contributed by atoms with Crippen molar-refractivity contribution < 1.29 is 0 Å². The smallest absolute Gasteiger partial charge is 0.0626 e. The van der Waals surface area contributed by atoms with Crippen LogP contribution in [0.25, 0.3) is 121 Å². The van der Waals surface area contributed by atoms with E-state index in [1.54, 1.807) is 0 Å². The van der Waals surface area contributed by atoms with Crippen molar-refractivity contribution in [3.63, 3.8) is 0 Å². The van der Waals surface area contributed by atoms with Crippen molar-refractivity contribution in [2.45, 2.75) is 0 Å². The molecule has 88 heavy (non-hydrogen) atoms. The van der Waals surface area contributed by atoms with E-state index < -0.39 is 0 Å². The molecule has 412 valence electrons. The van der Waals surface area contributed by atoms with Crippen molar-refractivity contribution in [1.29, 1.82) is 0 Å². The van der Waals surface area contributed by atoms with Crippen LogP contribution in [0, 0.1) is 0 Å². The summed E-state index contributed by atoms with van der Waals surface area (Å²) in [5.41, 5.74) is 20.5. The molecule has 4 heteroatoms. The molecular weight excluding hydrogens is 1060 g/mol. The molecule has 0 saturated heterocycles. The number of nitrogens with zero attached hydrogens (tertiary/aromatic N) is 4. The van der Waals surface area contributed by atoms with Gasteiger partial charge >= 0.3 is 0 Å². The fraction of sp³-hybridized carbons (Fsp3) is 0. The Hall–Kier alpha value is -11.7. The van der Waals surface area contributed by atoms with Gasteiger partial charge in [0.15, 0.2) is 0 Å². The van der Waals surface area contributed by atoms with Crippen molar-refractivity contribution in [3.8, 4) is 44.8 Å². The first-order valence-corrected chi connectivity index (χ1v) is 30.2. The van der Waals surface area contributed by atoms with E-state index in [-0.39, 0.29) is 0 Å². The van der Waals surface area contributed by atoms with Gasteiger partial charge in [-0.05, 0) is 164 Å². The highest BCUT2D eigenvalue weighted by molar-refractivity contribution is 6.26. The topological polar surface area (TPSA) is 16.3 Å². The van der Waals surface area contributed by atoms with E-state index in [0.717, 1.165) is 62.1 Å². The molecule has 2 aromatic heterocycles. The number of rotatable bonds is 11. The molecule has 0 aliphatic rings. The van der Waals surface area contributed by atoms with Gasteiger partial charge in [0.1, 0.15) is 0 Å². The lowest BCUT2D eigenvalue weighted by Crippen LogP contribution is -2.10. The molecule has 15 aromatic carbocycles. The summed E-state index contributed by atoms with van der Waals surface area (Å²) in [6, 6.07) is 124. The fourth-order valence-corrected chi connectivity index (χ4v) is 14.0. The van der Waals surface area contributed by atoms with Gasteiger partial charge in [-0.1, -0.05) is 224 Å². The van der Waals surface area contributed by atoms with Crippen molar-refractivity contribution in [1.82, 2.24) is 9.13 Å². The lowest BCUT2D eigenvalue weighted by molar-refractivity contribution is 1.18. The van der Waals surface area contributed by atoms with Gasteiger partial charge in [0, 0.05) is 83.6 Å². The predicted molar refractivity (Wildman–Crippen MR) is 373 cm³/mol. The highest BCUT2D eigenvalue weighted by atomic mass is 15.1. The Morgan fingerprint density at radius 1 is 0.216 bits per heavy atom. The van der Waals surface area contributed by atoms with Crippen molar-refractivity contribution in [3.05, 3.63) is 340 Å². The van der Waals surface area contributed by atoms with Gasteiger partial charge in [-0.2, -0.15) is 0 Å². The molecule has 0 bridgehead atoms. The second-order valence-electron chi connectivity index (χ2n) is 22.8. The molecule has 17 rings (SSSR count). The Morgan fingerprint density at radius 2 is 0.648 bits per heavy atom. The zero-order chi connectivity index (χ0) is 58.1. The molecule has 0 aliphatic heterocycles. The van der Waals surface area contributed by atoms with Gasteiger partial charge in [0.2, 0.25) is 0 Å². The summed E-state index contributed by atoms with van der Waals surface area (Å²) in [6.07, 6.45) is 0. The van der Waals surface area contributed by atoms with Crippen LogP contribution < -0.4 is 9.80 Å². The number of para-hydroxylation sites is 4. The zero-order valence-electron chi connectivity index (χ0n) is 48.1. The molecule has 0 fully saturated rings. The third kappa shape index (κ3) is 8.37. The summed E-state index contributed by atoms with van der Waals surface area (Å²) < 4.78 is 5.02. The highest BCUT2D eigenvalue weighted by Crippen LogP contribution is 2.49. The third-order valence-corrected chi connectivity index (χ3v) is 17.8. The maximum atomic E-state index is 2.51. The largest absolute Gasteiger partial charge is 0.311 e. The summed E-state index contributed by atoms with van der Waals surface area (Å²) >= 11 is 0. The molecule has 0 radical (unpaired) electrons. The Bertz CT molecular complexity index is 5420. The van der Waals surface area contributed by atoms with Crippen LogP contribution in [0.1, 0.15) is 0 Å². The molecule has 0 unspecified atom stereocenters. The molecule has 0 N–H and O–H groups in total. The van der Waals surface area contributed by atoms with Crippen molar-refractivity contribution in [2.24, 2.45) is 0 Å². The first kappa shape index (κ1) is 50.8. The predicted octanol–water partition coefficient (Wildman–Crippen LogP) is 23.3. The molecule has 0 atom stereocenters. The lowest BCUT2D eigenvalue weighted by Gasteiger charge is -2.26. The Morgan fingerprint density at radius 3 is 1.26 bits per heavy atom. The number of aromatic nitrogens is 2. The standard InChI is InChI=1S/C84H56N4/c1-6-25-58(26-7-1)79-72-40-20-18-28-62(72)56-77-81-73(42-23-43-78(81)87(84(77)79)69-51-49-68(50-52-69)85(63-30-8-2-9-31-63)64-32-10-3-11-33-64)60-29-22-38-70(54-60)86(65-34-12-4-13-35-65)67-47-44-59(45-48-67)80-71-39-19-17-27-61(71)55-76-75-53-46-57-24-16-21-41-74(57)82(75)88(83(76)80)66-36-14-5-15-37-66/h1-56H. The van der Waals surface area contributed by atoms with E-state index in [1.807, 2.05) is 0 Å². The number of benzene rings is 15. The van der Waals surface area contributed by atoms with E-state index in [0.29, 0.717) is 0 Å². The van der Waals surface area contributed by atoms with Crippen molar-refractivity contribution in [2.75, 3.05) is 9.80 Å². The highest BCUT2D eigenvalue weighted by Gasteiger charge is 2.25. The molecular formula is C84H56N4. The lowest BCUT2D eigenvalue weighted by atomic mass is 9.93. The Kier molecular flexibility index (Phi) is 12.2. The minimum atomic E-state index is 1.06. The van der Waals surface area contributed by atoms with E-state index in [9.17, 15) is 0 Å². The monoisotopic (exact) mass is 1120 g/mol. The molecule has 2 heterocycles. The van der Waals surface area contributed by atoms with Crippen LogP contribution in [0.4, 0.5) is 34.1 Å². The molecule has 17 aromatic rings. The van der Waals surface area contributed by atoms with Crippen LogP contribution in [0.3, 0.4) is 0 Å². The Balaban J connectivity index is 0.844. The number of anilines is 6. The summed E-state index contributed by atoms with van der Waals surface area (Å²) in [5.74, 6) is 0. The molecule has 0 saturated carbocycles. The number of hydrogen-bond acceptors (Lipinski definition) is 2. The van der Waals surface area contributed by atoms with Crippen LogP contribution >= 0.6 is 0 Å². The molecule has 0 spiro atoms. The summed E-state index contributed by atoms with van der Waals surface area (Å²) in [6.45, 7) is 0. The van der Waals surface area contributed by atoms with Gasteiger partial charge in [-0.15, -0.1) is 0 Å². The van der Waals surface area contributed by atoms with Crippen LogP contribution in [0.2, 0.25) is 0 Å². The van der Waals surface area contributed by atoms with Crippen LogP contribution in [0.5, 0.6) is 0 Å². The van der Waals surface area contributed by atoms with Crippen LogP contribution in [-0.4, -0.2) is 9.13 Å². The summed E-state index contributed by atoms with van der Waals surface area (Å²) in [7, 11) is 0. The van der Waals surface area contributed by atoms with E-state index in [1.165, 1.54) is 92.7 Å². The SMILES string of the molecule is c1ccc(-c2c3ccccc3cc3c4c(-c5cccc(N(c6ccccc6)c6ccc(-c7c8ccccc8cc8c9ccc%10ccccc%10c9n(-c9ccccc9)c78)cc6)c5)cccc4n(-c4ccc(N(c5ccccc5)c5ccccc5)cc4)c23)cc1. The second kappa shape index (κ2) is 21.1. The normalized spacial score (nSPS) is 11.6. The van der Waals surface area contributed by atoms with Gasteiger partial charge < -0.3 is 18.9 Å².